The summed E-state index contributed by atoms with van der Waals surface area (Å²) in [6.45, 7) is 7.34. The molecule has 100 heavy (non-hydrogen) atoms. The molecule has 0 rings (SSSR count). The van der Waals surface area contributed by atoms with Gasteiger partial charge in [0.25, 0.3) is 0 Å². The van der Waals surface area contributed by atoms with Gasteiger partial charge < -0.3 is 33.8 Å². The Kier molecular flexibility index (Phi) is 72.5. The van der Waals surface area contributed by atoms with Gasteiger partial charge in [-0.15, -0.1) is 0 Å². The van der Waals surface area contributed by atoms with Gasteiger partial charge in [-0.1, -0.05) is 381 Å². The summed E-state index contributed by atoms with van der Waals surface area (Å²) < 4.78 is 68.5. The van der Waals surface area contributed by atoms with Crippen molar-refractivity contribution in [3.63, 3.8) is 0 Å². The molecule has 0 aliphatic heterocycles. The molecule has 0 amide bonds. The van der Waals surface area contributed by atoms with Crippen LogP contribution in [-0.2, 0) is 65.4 Å². The predicted molar refractivity (Wildman–Crippen MR) is 409 cm³/mol. The Morgan fingerprint density at radius 2 is 0.480 bits per heavy atom. The number of hydrogen-bond acceptors (Lipinski definition) is 15. The van der Waals surface area contributed by atoms with Gasteiger partial charge in [0.1, 0.15) is 19.3 Å². The van der Waals surface area contributed by atoms with E-state index in [2.05, 4.69) is 34.6 Å². The molecule has 3 N–H and O–H groups in total. The minimum Gasteiger partial charge on any atom is -0.462 e. The van der Waals surface area contributed by atoms with Crippen LogP contribution in [0.2, 0.25) is 0 Å². The predicted octanol–water partition coefficient (Wildman–Crippen LogP) is 24.4. The van der Waals surface area contributed by atoms with Crippen molar-refractivity contribution in [2.75, 3.05) is 39.6 Å². The number of aliphatic hydroxyl groups excluding tert-OH is 1. The van der Waals surface area contributed by atoms with Crippen molar-refractivity contribution in [2.45, 2.75) is 451 Å². The Morgan fingerprint density at radius 3 is 0.710 bits per heavy atom. The van der Waals surface area contributed by atoms with E-state index in [0.29, 0.717) is 25.7 Å². The molecule has 3 unspecified atom stereocenters. The summed E-state index contributed by atoms with van der Waals surface area (Å²) >= 11 is 0. The van der Waals surface area contributed by atoms with Gasteiger partial charge in [0.05, 0.1) is 26.4 Å². The van der Waals surface area contributed by atoms with Crippen molar-refractivity contribution in [3.05, 3.63) is 0 Å². The van der Waals surface area contributed by atoms with Crippen LogP contribution in [0, 0.1) is 5.92 Å². The highest BCUT2D eigenvalue weighted by molar-refractivity contribution is 7.47. The van der Waals surface area contributed by atoms with Crippen LogP contribution >= 0.6 is 15.6 Å². The first-order chi connectivity index (χ1) is 48.6. The Morgan fingerprint density at radius 1 is 0.280 bits per heavy atom. The first-order valence-corrected chi connectivity index (χ1v) is 45.2. The van der Waals surface area contributed by atoms with Gasteiger partial charge in [0.2, 0.25) is 0 Å². The zero-order valence-corrected chi connectivity index (χ0v) is 67.1. The van der Waals surface area contributed by atoms with Crippen molar-refractivity contribution in [2.24, 2.45) is 5.92 Å². The molecule has 0 saturated carbocycles. The van der Waals surface area contributed by atoms with Crippen LogP contribution in [0.15, 0.2) is 0 Å². The summed E-state index contributed by atoms with van der Waals surface area (Å²) in [6, 6.07) is 0. The van der Waals surface area contributed by atoms with Crippen LogP contribution in [0.3, 0.4) is 0 Å². The summed E-state index contributed by atoms with van der Waals surface area (Å²) in [5, 5.41) is 10.6. The molecule has 0 heterocycles. The normalized spacial score (nSPS) is 14.1. The standard InChI is InChI=1S/C81H158O17P2/c1-6-10-13-16-19-21-23-24-25-26-27-28-32-35-38-42-45-50-55-60-65-79(84)92-71-77(98-81(86)67-62-57-52-47-43-39-36-33-30-29-31-34-37-41-44-49-53-58-63-74(5)9-4)73-96-100(89,90)94-69-75(82)68-93-99(87,88)95-72-76(70-91-78(83)64-59-54-48-18-15-12-8-3)97-80(85)66-61-56-51-46-40-22-20-17-14-11-7-2/h74-77,82H,6-73H2,1-5H3,(H,87,88)(H,89,90)/t74?,75-,76+,77+/m0/s1. The molecule has 0 aromatic rings. The maximum Gasteiger partial charge on any atom is 0.472 e. The topological polar surface area (TPSA) is 237 Å². The lowest BCUT2D eigenvalue weighted by Gasteiger charge is -2.21. The molecule has 0 radical (unpaired) electrons. The fourth-order valence-corrected chi connectivity index (χ4v) is 14.1. The molecule has 0 aliphatic carbocycles. The molecule has 0 aromatic heterocycles. The smallest absolute Gasteiger partial charge is 0.462 e. The number of carbonyl (C=O) groups excluding carboxylic acids is 4. The maximum absolute atomic E-state index is 13.1. The fraction of sp³-hybridized carbons (Fsp3) is 0.951. The lowest BCUT2D eigenvalue weighted by Crippen LogP contribution is -2.30. The van der Waals surface area contributed by atoms with Gasteiger partial charge in [0.15, 0.2) is 12.2 Å². The first-order valence-electron chi connectivity index (χ1n) is 42.2. The average Bonchev–Trinajstić information content (AvgIpc) is 0.918. The summed E-state index contributed by atoms with van der Waals surface area (Å²) in [6.07, 6.45) is 65.5. The molecule has 17 nitrogen and oxygen atoms in total. The van der Waals surface area contributed by atoms with Crippen molar-refractivity contribution in [1.29, 1.82) is 0 Å². The summed E-state index contributed by atoms with van der Waals surface area (Å²) in [4.78, 5) is 72.8. The molecule has 0 aromatic carbocycles. The maximum atomic E-state index is 13.1. The van der Waals surface area contributed by atoms with E-state index in [1.165, 1.54) is 244 Å². The number of aliphatic hydroxyl groups is 1. The van der Waals surface area contributed by atoms with E-state index in [1.54, 1.807) is 0 Å². The van der Waals surface area contributed by atoms with Gasteiger partial charge in [-0.3, -0.25) is 37.3 Å². The number of ether oxygens (including phenoxy) is 4. The molecular weight excluding hydrogens is 1310 g/mol. The quantitative estimate of drug-likeness (QED) is 0.0222. The van der Waals surface area contributed by atoms with Crippen LogP contribution in [0.5, 0.6) is 0 Å². The second kappa shape index (κ2) is 73.9. The molecular formula is C81H158O17P2. The zero-order valence-electron chi connectivity index (χ0n) is 65.3. The number of phosphoric ester groups is 2. The van der Waals surface area contributed by atoms with Crippen LogP contribution in [0.4, 0.5) is 0 Å². The van der Waals surface area contributed by atoms with E-state index in [9.17, 15) is 43.2 Å². The Hall–Kier alpha value is -1.94. The van der Waals surface area contributed by atoms with Crippen molar-refractivity contribution < 1.29 is 80.2 Å². The lowest BCUT2D eigenvalue weighted by molar-refractivity contribution is -0.161. The van der Waals surface area contributed by atoms with Gasteiger partial charge in [-0.25, -0.2) is 9.13 Å². The van der Waals surface area contributed by atoms with Crippen LogP contribution in [-0.4, -0.2) is 96.7 Å². The second-order valence-corrected chi connectivity index (χ2v) is 32.3. The monoisotopic (exact) mass is 1470 g/mol. The lowest BCUT2D eigenvalue weighted by atomic mass is 9.99. The number of esters is 4. The molecule has 0 bridgehead atoms. The van der Waals surface area contributed by atoms with E-state index >= 15 is 0 Å². The van der Waals surface area contributed by atoms with E-state index in [-0.39, 0.29) is 25.7 Å². The summed E-state index contributed by atoms with van der Waals surface area (Å²) in [5.41, 5.74) is 0. The van der Waals surface area contributed by atoms with E-state index < -0.39 is 97.5 Å². The third-order valence-corrected chi connectivity index (χ3v) is 21.3. The Bertz CT molecular complexity index is 1910. The number of phosphoric acid groups is 2. The van der Waals surface area contributed by atoms with Crippen LogP contribution in [0.25, 0.3) is 0 Å². The molecule has 6 atom stereocenters. The summed E-state index contributed by atoms with van der Waals surface area (Å²) in [7, 11) is -9.91. The third kappa shape index (κ3) is 73.0. The summed E-state index contributed by atoms with van der Waals surface area (Å²) in [5.74, 6) is -1.24. The zero-order chi connectivity index (χ0) is 73.4. The average molecular weight is 1470 g/mol. The first kappa shape index (κ1) is 98.1. The minimum absolute atomic E-state index is 0.107. The van der Waals surface area contributed by atoms with Crippen molar-refractivity contribution in [3.8, 4) is 0 Å². The molecule has 0 saturated heterocycles. The SMILES string of the molecule is CCCCCCCCCCCCCCCCCCCCCCC(=O)OC[C@H](COP(=O)(O)OC[C@@H](O)COP(=O)(O)OC[C@@H](COC(=O)CCCCCCCCC)OC(=O)CCCCCCCCCCCCC)OC(=O)CCCCCCCCCCCCCCCCCCCCC(C)CC. The molecule has 0 fully saturated rings. The van der Waals surface area contributed by atoms with Gasteiger partial charge in [-0.2, -0.15) is 0 Å². The minimum atomic E-state index is -4.96. The Labute approximate surface area is 613 Å². The van der Waals surface area contributed by atoms with Crippen LogP contribution < -0.4 is 0 Å². The van der Waals surface area contributed by atoms with Gasteiger partial charge in [-0.05, 0) is 31.6 Å². The molecule has 0 spiro atoms. The van der Waals surface area contributed by atoms with E-state index in [0.717, 1.165) is 109 Å². The van der Waals surface area contributed by atoms with Crippen molar-refractivity contribution in [1.82, 2.24) is 0 Å². The number of unbranched alkanes of at least 4 members (excludes halogenated alkanes) is 52. The number of hydrogen-bond donors (Lipinski definition) is 3. The van der Waals surface area contributed by atoms with E-state index in [1.807, 2.05) is 0 Å². The number of rotatable bonds is 81. The highest BCUT2D eigenvalue weighted by Gasteiger charge is 2.30. The highest BCUT2D eigenvalue weighted by atomic mass is 31.2. The van der Waals surface area contributed by atoms with Gasteiger partial charge >= 0.3 is 39.5 Å². The number of carbonyl (C=O) groups is 4. The second-order valence-electron chi connectivity index (χ2n) is 29.4. The van der Waals surface area contributed by atoms with Crippen LogP contribution in [0.1, 0.15) is 433 Å². The largest absolute Gasteiger partial charge is 0.472 e. The fourth-order valence-electron chi connectivity index (χ4n) is 12.6. The molecule has 594 valence electrons. The highest BCUT2D eigenvalue weighted by Crippen LogP contribution is 2.45. The third-order valence-electron chi connectivity index (χ3n) is 19.4. The molecule has 19 heteroatoms. The van der Waals surface area contributed by atoms with E-state index in [4.69, 9.17) is 37.0 Å². The Balaban J connectivity index is 5.14. The van der Waals surface area contributed by atoms with Gasteiger partial charge in [0, 0.05) is 25.7 Å². The van der Waals surface area contributed by atoms with Crippen molar-refractivity contribution >= 4 is 39.5 Å². The molecule has 0 aliphatic rings.